The van der Waals surface area contributed by atoms with E-state index in [2.05, 4.69) is 6.58 Å². The SMILES string of the molecule is C=C/C(C)=C\C=C(/C)OC.COC(=O)c1cc(S(=O)c2ccc(C)cc2)cc2c1OC(c1ccc(OC)cc1)O2. The molecule has 1 aliphatic heterocycles. The maximum atomic E-state index is 13.1. The van der Waals surface area contributed by atoms with E-state index in [0.717, 1.165) is 22.5 Å². The summed E-state index contributed by atoms with van der Waals surface area (Å²) >= 11 is 0. The lowest BCUT2D eigenvalue weighted by atomic mass is 10.2. The van der Waals surface area contributed by atoms with Crippen LogP contribution in [0.4, 0.5) is 0 Å². The molecule has 2 unspecified atom stereocenters. The first-order chi connectivity index (χ1) is 19.2. The van der Waals surface area contributed by atoms with Gasteiger partial charge in [-0.05, 0) is 69.3 Å². The molecule has 210 valence electrons. The monoisotopic (exact) mass is 562 g/mol. The second kappa shape index (κ2) is 14.2. The van der Waals surface area contributed by atoms with Gasteiger partial charge < -0.3 is 23.7 Å². The molecule has 4 rings (SSSR count). The molecule has 3 aromatic carbocycles. The van der Waals surface area contributed by atoms with E-state index in [0.29, 0.717) is 21.3 Å². The third kappa shape index (κ3) is 7.64. The Kier molecular flexibility index (Phi) is 10.7. The number of ether oxygens (including phenoxy) is 5. The van der Waals surface area contributed by atoms with Gasteiger partial charge in [-0.25, -0.2) is 9.00 Å². The average Bonchev–Trinajstić information content (AvgIpc) is 3.43. The summed E-state index contributed by atoms with van der Waals surface area (Å²) < 4.78 is 39.9. The van der Waals surface area contributed by atoms with Gasteiger partial charge in [0.1, 0.15) is 11.3 Å². The summed E-state index contributed by atoms with van der Waals surface area (Å²) in [6.45, 7) is 9.49. The molecule has 0 fully saturated rings. The summed E-state index contributed by atoms with van der Waals surface area (Å²) in [7, 11) is 3.04. The molecule has 3 aromatic rings. The van der Waals surface area contributed by atoms with Gasteiger partial charge >= 0.3 is 5.97 Å². The minimum Gasteiger partial charge on any atom is -0.501 e. The van der Waals surface area contributed by atoms with Gasteiger partial charge in [-0.1, -0.05) is 42.0 Å². The molecule has 0 amide bonds. The lowest BCUT2D eigenvalue weighted by Crippen LogP contribution is -2.09. The van der Waals surface area contributed by atoms with Crippen LogP contribution in [0.2, 0.25) is 0 Å². The number of hydrogen-bond acceptors (Lipinski definition) is 7. The van der Waals surface area contributed by atoms with Crippen LogP contribution in [0.25, 0.3) is 0 Å². The smallest absolute Gasteiger partial charge is 0.341 e. The Hall–Kier alpha value is -4.30. The number of carbonyl (C=O) groups is 1. The topological polar surface area (TPSA) is 80.3 Å². The molecule has 40 heavy (non-hydrogen) atoms. The number of allylic oxidation sites excluding steroid dienone is 5. The molecule has 0 N–H and O–H groups in total. The lowest BCUT2D eigenvalue weighted by molar-refractivity contribution is 0.0459. The van der Waals surface area contributed by atoms with Crippen LogP contribution in [0.1, 0.15) is 41.6 Å². The van der Waals surface area contributed by atoms with Crippen molar-refractivity contribution >= 4 is 16.8 Å². The van der Waals surface area contributed by atoms with Crippen molar-refractivity contribution in [2.75, 3.05) is 21.3 Å². The first kappa shape index (κ1) is 30.2. The molecule has 0 spiro atoms. The number of carbonyl (C=O) groups excluding carboxylic acids is 1. The molecular weight excluding hydrogens is 528 g/mol. The minimum atomic E-state index is -1.50. The molecule has 7 nitrogen and oxygen atoms in total. The lowest BCUT2D eigenvalue weighted by Gasteiger charge is -2.11. The summed E-state index contributed by atoms with van der Waals surface area (Å²) in [5.41, 5.74) is 3.13. The van der Waals surface area contributed by atoms with Crippen molar-refractivity contribution in [3.8, 4) is 17.2 Å². The molecule has 2 atom stereocenters. The zero-order valence-electron chi connectivity index (χ0n) is 23.6. The van der Waals surface area contributed by atoms with Crippen LogP contribution < -0.4 is 14.2 Å². The molecule has 0 saturated carbocycles. The molecule has 1 aliphatic rings. The summed E-state index contributed by atoms with van der Waals surface area (Å²) in [6.07, 6.45) is 4.94. The number of methoxy groups -OCH3 is 3. The number of hydrogen-bond donors (Lipinski definition) is 0. The van der Waals surface area contributed by atoms with Crippen molar-refractivity contribution in [2.45, 2.75) is 36.9 Å². The first-order valence-electron chi connectivity index (χ1n) is 12.4. The number of benzene rings is 3. The predicted molar refractivity (Wildman–Crippen MR) is 155 cm³/mol. The average molecular weight is 563 g/mol. The number of aryl methyl sites for hydroxylation is 1. The zero-order chi connectivity index (χ0) is 29.2. The Morgan fingerprint density at radius 1 is 0.900 bits per heavy atom. The van der Waals surface area contributed by atoms with Gasteiger partial charge in [-0.3, -0.25) is 0 Å². The molecule has 0 radical (unpaired) electrons. The Morgan fingerprint density at radius 3 is 2.15 bits per heavy atom. The van der Waals surface area contributed by atoms with E-state index in [1.165, 1.54) is 13.2 Å². The highest BCUT2D eigenvalue weighted by atomic mass is 32.2. The standard InChI is InChI=1S/C23H20O6S.C9H14O/c1-14-4-10-17(11-5-14)30(25)18-12-19(22(24)27-3)21-20(13-18)28-23(29-21)15-6-8-16(26-2)9-7-15;1-5-8(2)6-7-9(3)10-4/h4-13,23H,1-3H3;5-7H,1H2,2-4H3/b;8-6-,9-7+. The van der Waals surface area contributed by atoms with Crippen LogP contribution in [0.3, 0.4) is 0 Å². The van der Waals surface area contributed by atoms with Crippen molar-refractivity contribution < 1.29 is 32.7 Å². The van der Waals surface area contributed by atoms with Gasteiger partial charge in [0.15, 0.2) is 11.5 Å². The number of esters is 1. The van der Waals surface area contributed by atoms with Crippen molar-refractivity contribution in [1.29, 1.82) is 0 Å². The second-order valence-corrected chi connectivity index (χ2v) is 10.3. The Labute approximate surface area is 238 Å². The summed E-state index contributed by atoms with van der Waals surface area (Å²) in [5, 5.41) is 0. The van der Waals surface area contributed by atoms with E-state index in [-0.39, 0.29) is 11.3 Å². The second-order valence-electron chi connectivity index (χ2n) is 8.81. The van der Waals surface area contributed by atoms with Gasteiger partial charge in [-0.2, -0.15) is 0 Å². The zero-order valence-corrected chi connectivity index (χ0v) is 24.4. The largest absolute Gasteiger partial charge is 0.501 e. The fourth-order valence-corrected chi connectivity index (χ4v) is 4.58. The van der Waals surface area contributed by atoms with Gasteiger partial charge in [0.2, 0.25) is 0 Å². The van der Waals surface area contributed by atoms with Gasteiger partial charge in [0, 0.05) is 21.4 Å². The molecule has 0 aromatic heterocycles. The normalized spacial score (nSPS) is 14.9. The van der Waals surface area contributed by atoms with Crippen LogP contribution in [-0.4, -0.2) is 31.5 Å². The van der Waals surface area contributed by atoms with Gasteiger partial charge in [-0.15, -0.1) is 0 Å². The third-order valence-corrected chi connectivity index (χ3v) is 7.32. The fourth-order valence-electron chi connectivity index (χ4n) is 3.48. The fraction of sp³-hybridized carbons (Fsp3) is 0.219. The first-order valence-corrected chi connectivity index (χ1v) is 13.6. The quantitative estimate of drug-likeness (QED) is 0.165. The van der Waals surface area contributed by atoms with Crippen LogP contribution in [-0.2, 0) is 20.3 Å². The van der Waals surface area contributed by atoms with Crippen LogP contribution >= 0.6 is 0 Å². The molecule has 1 heterocycles. The number of rotatable bonds is 8. The van der Waals surface area contributed by atoms with Crippen LogP contribution in [0, 0.1) is 6.92 Å². The van der Waals surface area contributed by atoms with E-state index in [4.69, 9.17) is 23.7 Å². The van der Waals surface area contributed by atoms with Crippen molar-refractivity contribution in [2.24, 2.45) is 0 Å². The van der Waals surface area contributed by atoms with E-state index in [1.54, 1.807) is 50.6 Å². The van der Waals surface area contributed by atoms with Crippen LogP contribution in [0.5, 0.6) is 17.2 Å². The van der Waals surface area contributed by atoms with E-state index >= 15 is 0 Å². The summed E-state index contributed by atoms with van der Waals surface area (Å²) in [4.78, 5) is 13.4. The highest BCUT2D eigenvalue weighted by Crippen LogP contribution is 2.45. The third-order valence-electron chi connectivity index (χ3n) is 5.95. The number of fused-ring (bicyclic) bond motifs is 1. The highest BCUT2D eigenvalue weighted by molar-refractivity contribution is 7.85. The van der Waals surface area contributed by atoms with Crippen LogP contribution in [0.15, 0.2) is 107 Å². The summed E-state index contributed by atoms with van der Waals surface area (Å²) in [5.74, 6) is 1.64. The van der Waals surface area contributed by atoms with Gasteiger partial charge in [0.25, 0.3) is 6.29 Å². The van der Waals surface area contributed by atoms with E-state index < -0.39 is 23.1 Å². The minimum absolute atomic E-state index is 0.168. The van der Waals surface area contributed by atoms with Crippen molar-refractivity contribution in [3.63, 3.8) is 0 Å². The van der Waals surface area contributed by atoms with E-state index in [1.807, 2.05) is 57.2 Å². The maximum Gasteiger partial charge on any atom is 0.341 e. The van der Waals surface area contributed by atoms with E-state index in [9.17, 15) is 9.00 Å². The molecule has 0 bridgehead atoms. The Bertz CT molecular complexity index is 1420. The molecular formula is C32H34O7S. The molecule has 0 aliphatic carbocycles. The highest BCUT2D eigenvalue weighted by Gasteiger charge is 2.32. The maximum absolute atomic E-state index is 13.1. The summed E-state index contributed by atoms with van der Waals surface area (Å²) in [6, 6.07) is 17.8. The predicted octanol–water partition coefficient (Wildman–Crippen LogP) is 7.10. The Balaban J connectivity index is 0.000000378. The van der Waals surface area contributed by atoms with Crippen molar-refractivity contribution in [1.82, 2.24) is 0 Å². The Morgan fingerprint density at radius 2 is 1.57 bits per heavy atom. The molecule has 8 heteroatoms. The van der Waals surface area contributed by atoms with Crippen molar-refractivity contribution in [3.05, 3.63) is 113 Å². The van der Waals surface area contributed by atoms with Gasteiger partial charge in [0.05, 0.1) is 37.9 Å². The molecule has 0 saturated heterocycles.